The van der Waals surface area contributed by atoms with Gasteiger partial charge in [0.05, 0.1) is 6.10 Å². The second kappa shape index (κ2) is 8.90. The molecule has 1 fully saturated rings. The molecule has 1 atom stereocenters. The molecular formula is C23H27N3O2. The third-order valence-electron chi connectivity index (χ3n) is 5.33. The van der Waals surface area contributed by atoms with Crippen LogP contribution in [0.15, 0.2) is 35.9 Å². The van der Waals surface area contributed by atoms with Crippen LogP contribution in [0.2, 0.25) is 0 Å². The first-order valence-corrected chi connectivity index (χ1v) is 9.82. The molecule has 28 heavy (non-hydrogen) atoms. The monoisotopic (exact) mass is 377 g/mol. The predicted molar refractivity (Wildman–Crippen MR) is 111 cm³/mol. The number of aryl methyl sites for hydroxylation is 2. The number of hydrogen-bond donors (Lipinski definition) is 1. The van der Waals surface area contributed by atoms with Crippen LogP contribution in [0.4, 0.5) is 5.69 Å². The van der Waals surface area contributed by atoms with E-state index in [1.165, 1.54) is 0 Å². The van der Waals surface area contributed by atoms with Crippen LogP contribution in [0.25, 0.3) is 6.08 Å². The molecule has 0 bridgehead atoms. The SMILES string of the molecule is CCc1ccccc1NC(=O)/C(C#N)=C/c1cc(C)n(C[C@H]2CCCO2)c1C. The fourth-order valence-corrected chi connectivity index (χ4v) is 3.69. The standard InChI is InChI=1S/C23H27N3O2/c1-4-18-8-5-6-10-22(18)25-23(27)20(14-24)13-19-12-16(2)26(17(19)3)15-21-9-7-11-28-21/h5-6,8,10,12-13,21H,4,7,9,11,15H2,1-3H3,(H,25,27)/b20-13+/t21-/m1/s1. The summed E-state index contributed by atoms with van der Waals surface area (Å²) < 4.78 is 7.96. The first-order chi connectivity index (χ1) is 13.5. The zero-order valence-electron chi connectivity index (χ0n) is 16.8. The fraction of sp³-hybridized carbons (Fsp3) is 0.391. The van der Waals surface area contributed by atoms with Crippen molar-refractivity contribution in [2.45, 2.75) is 52.7 Å². The van der Waals surface area contributed by atoms with Gasteiger partial charge in [0.25, 0.3) is 5.91 Å². The number of rotatable bonds is 6. The summed E-state index contributed by atoms with van der Waals surface area (Å²) in [5, 5.41) is 12.4. The first kappa shape index (κ1) is 19.9. The summed E-state index contributed by atoms with van der Waals surface area (Å²) in [6, 6.07) is 11.7. The zero-order valence-corrected chi connectivity index (χ0v) is 16.8. The van der Waals surface area contributed by atoms with Crippen molar-refractivity contribution in [2.24, 2.45) is 0 Å². The van der Waals surface area contributed by atoms with Crippen LogP contribution in [0.1, 0.15) is 42.3 Å². The molecule has 1 saturated heterocycles. The Labute approximate surface area is 166 Å². The molecule has 0 saturated carbocycles. The van der Waals surface area contributed by atoms with E-state index in [4.69, 9.17) is 4.74 Å². The number of para-hydroxylation sites is 1. The quantitative estimate of drug-likeness (QED) is 0.600. The molecule has 5 nitrogen and oxygen atoms in total. The third-order valence-corrected chi connectivity index (χ3v) is 5.33. The maximum Gasteiger partial charge on any atom is 0.266 e. The van der Waals surface area contributed by atoms with Gasteiger partial charge in [0.15, 0.2) is 0 Å². The normalized spacial score (nSPS) is 16.8. The highest BCUT2D eigenvalue weighted by Crippen LogP contribution is 2.23. The van der Waals surface area contributed by atoms with Gasteiger partial charge in [-0.25, -0.2) is 0 Å². The minimum atomic E-state index is -0.382. The van der Waals surface area contributed by atoms with Crippen LogP contribution in [-0.2, 0) is 22.5 Å². The van der Waals surface area contributed by atoms with E-state index in [0.29, 0.717) is 0 Å². The highest BCUT2D eigenvalue weighted by Gasteiger charge is 2.19. The second-order valence-corrected chi connectivity index (χ2v) is 7.21. The Morgan fingerprint density at radius 1 is 1.39 bits per heavy atom. The Bertz CT molecular complexity index is 928. The van der Waals surface area contributed by atoms with Crippen molar-refractivity contribution in [3.63, 3.8) is 0 Å². The van der Waals surface area contributed by atoms with Crippen molar-refractivity contribution in [3.05, 3.63) is 58.4 Å². The Balaban J connectivity index is 1.82. The fourth-order valence-electron chi connectivity index (χ4n) is 3.69. The van der Waals surface area contributed by atoms with Crippen LogP contribution in [-0.4, -0.2) is 23.2 Å². The molecular weight excluding hydrogens is 350 g/mol. The number of nitrogens with one attached hydrogen (secondary N) is 1. The van der Waals surface area contributed by atoms with Crippen LogP contribution < -0.4 is 5.32 Å². The van der Waals surface area contributed by atoms with Gasteiger partial charge in [0, 0.05) is 30.2 Å². The van der Waals surface area contributed by atoms with Crippen molar-refractivity contribution in [3.8, 4) is 6.07 Å². The summed E-state index contributed by atoms with van der Waals surface area (Å²) in [5.74, 6) is -0.382. The van der Waals surface area contributed by atoms with Crippen molar-refractivity contribution in [2.75, 3.05) is 11.9 Å². The molecule has 1 aromatic heterocycles. The average Bonchev–Trinajstić information content (AvgIpc) is 3.30. The third kappa shape index (κ3) is 4.35. The van der Waals surface area contributed by atoms with Gasteiger partial charge in [0.1, 0.15) is 11.6 Å². The van der Waals surface area contributed by atoms with Gasteiger partial charge in [-0.05, 0) is 62.4 Å². The number of ether oxygens (including phenoxy) is 1. The van der Waals surface area contributed by atoms with E-state index in [1.54, 1.807) is 6.08 Å². The van der Waals surface area contributed by atoms with E-state index in [-0.39, 0.29) is 17.6 Å². The average molecular weight is 377 g/mol. The van der Waals surface area contributed by atoms with E-state index in [1.807, 2.05) is 51.1 Å². The van der Waals surface area contributed by atoms with Crippen molar-refractivity contribution >= 4 is 17.7 Å². The predicted octanol–water partition coefficient (Wildman–Crippen LogP) is 4.39. The molecule has 0 radical (unpaired) electrons. The van der Waals surface area contributed by atoms with Crippen LogP contribution in [0.5, 0.6) is 0 Å². The molecule has 2 heterocycles. The van der Waals surface area contributed by atoms with Gasteiger partial charge in [0.2, 0.25) is 0 Å². The van der Waals surface area contributed by atoms with Crippen molar-refractivity contribution in [1.82, 2.24) is 4.57 Å². The van der Waals surface area contributed by atoms with E-state index >= 15 is 0 Å². The zero-order chi connectivity index (χ0) is 20.1. The Morgan fingerprint density at radius 2 is 2.18 bits per heavy atom. The number of amides is 1. The highest BCUT2D eigenvalue weighted by molar-refractivity contribution is 6.10. The van der Waals surface area contributed by atoms with Crippen molar-refractivity contribution in [1.29, 1.82) is 5.26 Å². The van der Waals surface area contributed by atoms with E-state index < -0.39 is 0 Å². The van der Waals surface area contributed by atoms with Gasteiger partial charge in [-0.15, -0.1) is 0 Å². The number of hydrogen-bond acceptors (Lipinski definition) is 3. The number of nitriles is 1. The van der Waals surface area contributed by atoms with Gasteiger partial charge >= 0.3 is 0 Å². The van der Waals surface area contributed by atoms with Crippen LogP contribution in [0.3, 0.4) is 0 Å². The molecule has 1 N–H and O–H groups in total. The minimum Gasteiger partial charge on any atom is -0.376 e. The lowest BCUT2D eigenvalue weighted by atomic mass is 10.1. The van der Waals surface area contributed by atoms with Crippen LogP contribution in [0, 0.1) is 25.2 Å². The number of anilines is 1. The molecule has 1 aliphatic rings. The van der Waals surface area contributed by atoms with Gasteiger partial charge in [-0.2, -0.15) is 5.26 Å². The van der Waals surface area contributed by atoms with Gasteiger partial charge in [-0.1, -0.05) is 25.1 Å². The summed E-state index contributed by atoms with van der Waals surface area (Å²) in [6.07, 6.45) is 4.91. The van der Waals surface area contributed by atoms with Crippen LogP contribution >= 0.6 is 0 Å². The Kier molecular flexibility index (Phi) is 6.33. The number of nitrogens with zero attached hydrogens (tertiary/aromatic N) is 2. The maximum atomic E-state index is 12.7. The Morgan fingerprint density at radius 3 is 2.86 bits per heavy atom. The molecule has 146 valence electrons. The molecule has 0 unspecified atom stereocenters. The molecule has 1 aliphatic heterocycles. The van der Waals surface area contributed by atoms with E-state index in [2.05, 4.69) is 16.0 Å². The molecule has 2 aromatic rings. The largest absolute Gasteiger partial charge is 0.376 e. The maximum absolute atomic E-state index is 12.7. The number of benzene rings is 1. The molecule has 0 spiro atoms. The summed E-state index contributed by atoms with van der Waals surface area (Å²) in [4.78, 5) is 12.7. The first-order valence-electron chi connectivity index (χ1n) is 9.82. The topological polar surface area (TPSA) is 67.0 Å². The Hall–Kier alpha value is -2.84. The summed E-state index contributed by atoms with van der Waals surface area (Å²) >= 11 is 0. The smallest absolute Gasteiger partial charge is 0.266 e. The van der Waals surface area contributed by atoms with Crippen molar-refractivity contribution < 1.29 is 9.53 Å². The van der Waals surface area contributed by atoms with E-state index in [0.717, 1.165) is 60.6 Å². The molecule has 1 amide bonds. The van der Waals surface area contributed by atoms with Gasteiger partial charge in [-0.3, -0.25) is 4.79 Å². The number of carbonyl (C=O) groups is 1. The summed E-state index contributed by atoms with van der Waals surface area (Å²) in [7, 11) is 0. The molecule has 3 rings (SSSR count). The number of aromatic nitrogens is 1. The summed E-state index contributed by atoms with van der Waals surface area (Å²) in [5.41, 5.74) is 4.94. The molecule has 1 aromatic carbocycles. The molecule has 5 heteroatoms. The van der Waals surface area contributed by atoms with E-state index in [9.17, 15) is 10.1 Å². The lowest BCUT2D eigenvalue weighted by Crippen LogP contribution is -2.17. The summed E-state index contributed by atoms with van der Waals surface area (Å²) in [6.45, 7) is 7.74. The minimum absolute atomic E-state index is 0.100. The highest BCUT2D eigenvalue weighted by atomic mass is 16.5. The number of carbonyl (C=O) groups excluding carboxylic acids is 1. The molecule has 0 aliphatic carbocycles. The van der Waals surface area contributed by atoms with Gasteiger partial charge < -0.3 is 14.6 Å². The second-order valence-electron chi connectivity index (χ2n) is 7.21. The lowest BCUT2D eigenvalue weighted by Gasteiger charge is -2.14. The lowest BCUT2D eigenvalue weighted by molar-refractivity contribution is -0.112.